The number of nitrogens with zero attached hydrogens (tertiary/aromatic N) is 3. The number of rotatable bonds is 4. The van der Waals surface area contributed by atoms with E-state index in [2.05, 4.69) is 85.8 Å². The molecular weight excluding hydrogens is 514 g/mol. The van der Waals surface area contributed by atoms with Gasteiger partial charge in [0.1, 0.15) is 11.4 Å². The number of hydrogen-bond donors (Lipinski definition) is 0. The van der Waals surface area contributed by atoms with Crippen molar-refractivity contribution >= 4 is 16.3 Å². The van der Waals surface area contributed by atoms with Crippen LogP contribution in [0.15, 0.2) is 140 Å². The van der Waals surface area contributed by atoms with Crippen LogP contribution in [0.5, 0.6) is 5.75 Å². The molecule has 0 saturated carbocycles. The highest BCUT2D eigenvalue weighted by atomic mass is 16.5. The van der Waals surface area contributed by atoms with Crippen molar-refractivity contribution in [2.75, 3.05) is 0 Å². The molecule has 6 aromatic rings. The Morgan fingerprint density at radius 2 is 1.19 bits per heavy atom. The average molecular weight is 542 g/mol. The summed E-state index contributed by atoms with van der Waals surface area (Å²) in [6, 6.07) is 41.6. The lowest BCUT2D eigenvalue weighted by molar-refractivity contribution is 0.159. The van der Waals surface area contributed by atoms with E-state index >= 15 is 0 Å². The highest BCUT2D eigenvalue weighted by Gasteiger charge is 2.47. The molecule has 0 N–H and O–H groups in total. The number of hydrogen-bond acceptors (Lipinski definition) is 4. The van der Waals surface area contributed by atoms with Crippen LogP contribution in [0.4, 0.5) is 0 Å². The third-order valence-corrected chi connectivity index (χ3v) is 8.31. The Bertz CT molecular complexity index is 1970. The first kappa shape index (κ1) is 24.4. The lowest BCUT2D eigenvalue weighted by Gasteiger charge is -2.32. The first-order valence-corrected chi connectivity index (χ1v) is 14.2. The molecule has 2 unspecified atom stereocenters. The van der Waals surface area contributed by atoms with Crippen molar-refractivity contribution in [3.05, 3.63) is 151 Å². The maximum absolute atomic E-state index is 6.91. The molecule has 2 heterocycles. The summed E-state index contributed by atoms with van der Waals surface area (Å²) in [6.45, 7) is 2.17. The Hall–Kier alpha value is -5.35. The van der Waals surface area contributed by atoms with Crippen molar-refractivity contribution in [2.45, 2.75) is 18.4 Å². The van der Waals surface area contributed by atoms with Gasteiger partial charge in [0.25, 0.3) is 0 Å². The van der Waals surface area contributed by atoms with Gasteiger partial charge in [0.2, 0.25) is 0 Å². The van der Waals surface area contributed by atoms with Crippen LogP contribution in [0.2, 0.25) is 0 Å². The quantitative estimate of drug-likeness (QED) is 0.224. The monoisotopic (exact) mass is 541 g/mol. The number of fused-ring (bicyclic) bond motifs is 4. The van der Waals surface area contributed by atoms with Gasteiger partial charge in [-0.15, -0.1) is 0 Å². The van der Waals surface area contributed by atoms with Crippen molar-refractivity contribution in [1.82, 2.24) is 15.0 Å². The number of para-hydroxylation sites is 1. The maximum Gasteiger partial charge on any atom is 0.167 e. The zero-order valence-electron chi connectivity index (χ0n) is 23.1. The molecule has 1 aliphatic carbocycles. The van der Waals surface area contributed by atoms with Crippen molar-refractivity contribution in [1.29, 1.82) is 0 Å². The molecule has 200 valence electrons. The second-order valence-corrected chi connectivity index (χ2v) is 11.0. The summed E-state index contributed by atoms with van der Waals surface area (Å²) in [7, 11) is 0. The van der Waals surface area contributed by atoms with Gasteiger partial charge in [-0.2, -0.15) is 0 Å². The van der Waals surface area contributed by atoms with E-state index in [0.29, 0.717) is 17.5 Å². The lowest BCUT2D eigenvalue weighted by atomic mass is 9.73. The second-order valence-electron chi connectivity index (χ2n) is 11.0. The summed E-state index contributed by atoms with van der Waals surface area (Å²) in [5.41, 5.74) is 5.82. The molecule has 0 spiro atoms. The van der Waals surface area contributed by atoms with E-state index in [4.69, 9.17) is 19.7 Å². The maximum atomic E-state index is 6.91. The Balaban J connectivity index is 1.31. The predicted octanol–water partition coefficient (Wildman–Crippen LogP) is 8.91. The fourth-order valence-electron chi connectivity index (χ4n) is 6.36. The molecule has 0 saturated heterocycles. The second kappa shape index (κ2) is 9.64. The SMILES string of the molecule is CC12C=CC=C(c3cccc4ccccc34)C1c1cccc(-c3nc(-c4ccccc4)nc(-c4ccccc4)n3)c1O2. The van der Waals surface area contributed by atoms with Gasteiger partial charge in [0.15, 0.2) is 17.5 Å². The van der Waals surface area contributed by atoms with Crippen molar-refractivity contribution in [3.63, 3.8) is 0 Å². The Kier molecular flexibility index (Phi) is 5.61. The number of allylic oxidation sites excluding steroid dienone is 2. The van der Waals surface area contributed by atoms with Crippen molar-refractivity contribution in [3.8, 4) is 39.9 Å². The van der Waals surface area contributed by atoms with Crippen LogP contribution in [0.3, 0.4) is 0 Å². The molecule has 8 rings (SSSR count). The topological polar surface area (TPSA) is 47.9 Å². The standard InChI is InChI=1S/C38H27N3O/c1-38-24-12-23-30(29-20-10-18-25-13-8-9-19-28(25)29)33(38)31-21-11-22-32(34(31)42-38)37-40-35(26-14-4-2-5-15-26)39-36(41-37)27-16-6-3-7-17-27/h2-24,33H,1H3. The van der Waals surface area contributed by atoms with Gasteiger partial charge in [0.05, 0.1) is 11.5 Å². The smallest absolute Gasteiger partial charge is 0.167 e. The fourth-order valence-corrected chi connectivity index (χ4v) is 6.36. The summed E-state index contributed by atoms with van der Waals surface area (Å²) in [4.78, 5) is 14.9. The molecular formula is C38H27N3O. The zero-order valence-corrected chi connectivity index (χ0v) is 23.1. The van der Waals surface area contributed by atoms with E-state index in [-0.39, 0.29) is 5.92 Å². The summed E-state index contributed by atoms with van der Waals surface area (Å²) < 4.78 is 6.91. The van der Waals surface area contributed by atoms with Crippen LogP contribution in [-0.4, -0.2) is 20.6 Å². The molecule has 42 heavy (non-hydrogen) atoms. The highest BCUT2D eigenvalue weighted by Crippen LogP contribution is 2.56. The van der Waals surface area contributed by atoms with Crippen LogP contribution < -0.4 is 4.74 Å². The highest BCUT2D eigenvalue weighted by molar-refractivity contribution is 5.97. The zero-order chi connectivity index (χ0) is 28.1. The van der Waals surface area contributed by atoms with E-state index in [9.17, 15) is 0 Å². The van der Waals surface area contributed by atoms with Gasteiger partial charge >= 0.3 is 0 Å². The minimum absolute atomic E-state index is 0.0206. The number of ether oxygens (including phenoxy) is 1. The first-order chi connectivity index (χ1) is 20.7. The van der Waals surface area contributed by atoms with Gasteiger partial charge < -0.3 is 4.74 Å². The predicted molar refractivity (Wildman–Crippen MR) is 169 cm³/mol. The van der Waals surface area contributed by atoms with Crippen LogP contribution in [0.1, 0.15) is 24.0 Å². The lowest BCUT2D eigenvalue weighted by Crippen LogP contribution is -2.34. The number of benzene rings is 5. The minimum Gasteiger partial charge on any atom is -0.481 e. The van der Waals surface area contributed by atoms with Gasteiger partial charge in [0, 0.05) is 16.7 Å². The summed E-state index contributed by atoms with van der Waals surface area (Å²) >= 11 is 0. The van der Waals surface area contributed by atoms with Gasteiger partial charge in [-0.05, 0) is 41.0 Å². The normalized spacial score (nSPS) is 18.7. The van der Waals surface area contributed by atoms with E-state index in [1.54, 1.807) is 0 Å². The molecule has 1 aliphatic heterocycles. The van der Waals surface area contributed by atoms with Crippen molar-refractivity contribution in [2.24, 2.45) is 0 Å². The van der Waals surface area contributed by atoms with Crippen molar-refractivity contribution < 1.29 is 4.74 Å². The first-order valence-electron chi connectivity index (χ1n) is 14.2. The summed E-state index contributed by atoms with van der Waals surface area (Å²) in [5.74, 6) is 2.71. The van der Waals surface area contributed by atoms with E-state index in [1.807, 2.05) is 60.7 Å². The molecule has 2 aliphatic rings. The van der Waals surface area contributed by atoms with Crippen LogP contribution in [0, 0.1) is 0 Å². The molecule has 0 bridgehead atoms. The molecule has 1 aromatic heterocycles. The van der Waals surface area contributed by atoms with E-state index in [0.717, 1.165) is 28.0 Å². The average Bonchev–Trinajstić information content (AvgIpc) is 3.37. The van der Waals surface area contributed by atoms with Crippen LogP contribution >= 0.6 is 0 Å². The number of aromatic nitrogens is 3. The van der Waals surface area contributed by atoms with Gasteiger partial charge in [-0.3, -0.25) is 0 Å². The molecule has 4 nitrogen and oxygen atoms in total. The summed E-state index contributed by atoms with van der Waals surface area (Å²) in [5, 5.41) is 2.47. The van der Waals surface area contributed by atoms with Crippen LogP contribution in [0.25, 0.3) is 50.5 Å². The van der Waals surface area contributed by atoms with Crippen LogP contribution in [-0.2, 0) is 0 Å². The minimum atomic E-state index is -0.545. The van der Waals surface area contributed by atoms with Gasteiger partial charge in [-0.25, -0.2) is 15.0 Å². The Morgan fingerprint density at radius 1 is 0.595 bits per heavy atom. The van der Waals surface area contributed by atoms with E-state index in [1.165, 1.54) is 21.9 Å². The molecule has 0 fully saturated rings. The molecule has 0 amide bonds. The fraction of sp³-hybridized carbons (Fsp3) is 0.0789. The largest absolute Gasteiger partial charge is 0.481 e. The summed E-state index contributed by atoms with van der Waals surface area (Å²) in [6.07, 6.45) is 6.54. The van der Waals surface area contributed by atoms with E-state index < -0.39 is 5.60 Å². The third-order valence-electron chi connectivity index (χ3n) is 8.31. The molecule has 0 radical (unpaired) electrons. The molecule has 5 aromatic carbocycles. The molecule has 2 atom stereocenters. The Morgan fingerprint density at radius 3 is 1.93 bits per heavy atom. The third kappa shape index (κ3) is 3.95. The van der Waals surface area contributed by atoms with Gasteiger partial charge in [-0.1, -0.05) is 127 Å². The molecule has 4 heteroatoms. The Labute approximate surface area is 244 Å².